The van der Waals surface area contributed by atoms with E-state index in [1.54, 1.807) is 13.8 Å². The maximum Gasteiger partial charge on any atom is 0.255 e. The van der Waals surface area contributed by atoms with Crippen LogP contribution in [-0.4, -0.2) is 35.1 Å². The molecule has 18 heavy (non-hydrogen) atoms. The van der Waals surface area contributed by atoms with Crippen LogP contribution in [0.1, 0.15) is 24.2 Å². The van der Waals surface area contributed by atoms with Crippen molar-refractivity contribution < 1.29 is 14.3 Å². The Bertz CT molecular complexity index is 472. The van der Waals surface area contributed by atoms with Crippen molar-refractivity contribution in [3.05, 3.63) is 33.6 Å². The highest BCUT2D eigenvalue weighted by Crippen LogP contribution is 2.25. The lowest BCUT2D eigenvalue weighted by atomic mass is 10.1. The number of rotatable bonds is 3. The van der Waals surface area contributed by atoms with E-state index in [1.165, 1.54) is 18.0 Å². The molecule has 0 atom stereocenters. The number of carbonyl (C=O) groups excluding carboxylic acids is 1. The average molecular weight is 294 g/mol. The molecule has 0 heterocycles. The third kappa shape index (κ3) is 3.83. The maximum atomic E-state index is 13.3. The molecule has 0 radical (unpaired) electrons. The molecule has 0 aliphatic carbocycles. The number of amides is 1. The molecule has 0 unspecified atom stereocenters. The first-order valence-electron chi connectivity index (χ1n) is 5.24. The van der Waals surface area contributed by atoms with Crippen molar-refractivity contribution in [2.75, 3.05) is 13.6 Å². The Morgan fingerprint density at radius 1 is 1.39 bits per heavy atom. The molecule has 0 spiro atoms. The summed E-state index contributed by atoms with van der Waals surface area (Å²) in [5.74, 6) is -1.18. The Morgan fingerprint density at radius 2 is 1.94 bits per heavy atom. The molecule has 1 N–H and O–H groups in total. The molecule has 1 amide bonds. The summed E-state index contributed by atoms with van der Waals surface area (Å²) in [6.07, 6.45) is 0. The third-order valence-corrected chi connectivity index (χ3v) is 2.81. The van der Waals surface area contributed by atoms with Gasteiger partial charge in [-0.2, -0.15) is 0 Å². The van der Waals surface area contributed by atoms with Crippen molar-refractivity contribution in [3.63, 3.8) is 0 Å². The van der Waals surface area contributed by atoms with E-state index < -0.39 is 17.3 Å². The Kier molecular flexibility index (Phi) is 4.59. The van der Waals surface area contributed by atoms with E-state index in [9.17, 15) is 14.3 Å². The first-order chi connectivity index (χ1) is 8.11. The number of hydrogen-bond donors (Lipinski definition) is 1. The predicted molar refractivity (Wildman–Crippen MR) is 69.7 cm³/mol. The van der Waals surface area contributed by atoms with E-state index in [1.807, 2.05) is 0 Å². The lowest BCUT2D eigenvalue weighted by Gasteiger charge is -2.25. The molecule has 0 fully saturated rings. The van der Waals surface area contributed by atoms with Gasteiger partial charge in [0.05, 0.1) is 21.2 Å². The van der Waals surface area contributed by atoms with Crippen molar-refractivity contribution in [2.45, 2.75) is 19.4 Å². The van der Waals surface area contributed by atoms with Gasteiger partial charge in [-0.05, 0) is 26.0 Å². The summed E-state index contributed by atoms with van der Waals surface area (Å²) in [6.45, 7) is 3.24. The minimum atomic E-state index is -1.04. The molecule has 1 rings (SSSR count). The van der Waals surface area contributed by atoms with E-state index in [0.717, 1.165) is 6.07 Å². The van der Waals surface area contributed by atoms with Crippen molar-refractivity contribution in [2.24, 2.45) is 0 Å². The van der Waals surface area contributed by atoms with Crippen molar-refractivity contribution in [1.82, 2.24) is 4.90 Å². The zero-order valence-electron chi connectivity index (χ0n) is 10.3. The fraction of sp³-hybridized carbons (Fsp3) is 0.417. The third-order valence-electron chi connectivity index (χ3n) is 2.21. The number of benzene rings is 1. The second-order valence-electron chi connectivity index (χ2n) is 4.72. The quantitative estimate of drug-likeness (QED) is 0.871. The van der Waals surface area contributed by atoms with E-state index in [4.69, 9.17) is 23.2 Å². The van der Waals surface area contributed by atoms with Gasteiger partial charge in [0.25, 0.3) is 5.91 Å². The summed E-state index contributed by atoms with van der Waals surface area (Å²) in [5, 5.41) is 9.57. The second kappa shape index (κ2) is 5.43. The monoisotopic (exact) mass is 293 g/mol. The first kappa shape index (κ1) is 15.2. The molecule has 0 aliphatic rings. The van der Waals surface area contributed by atoms with Crippen molar-refractivity contribution in [1.29, 1.82) is 0 Å². The van der Waals surface area contributed by atoms with Gasteiger partial charge in [0.15, 0.2) is 0 Å². The number of aliphatic hydroxyl groups is 1. The molecular weight excluding hydrogens is 280 g/mol. The van der Waals surface area contributed by atoms with Gasteiger partial charge >= 0.3 is 0 Å². The Morgan fingerprint density at radius 3 is 2.44 bits per heavy atom. The van der Waals surface area contributed by atoms with Crippen LogP contribution in [0.3, 0.4) is 0 Å². The maximum absolute atomic E-state index is 13.3. The van der Waals surface area contributed by atoms with Gasteiger partial charge in [0.1, 0.15) is 5.82 Å². The van der Waals surface area contributed by atoms with Crippen LogP contribution >= 0.6 is 23.2 Å². The summed E-state index contributed by atoms with van der Waals surface area (Å²) in [4.78, 5) is 13.3. The number of likely N-dealkylation sites (N-methyl/N-ethyl adjacent to an activating group) is 1. The molecule has 1 aromatic carbocycles. The Balaban J connectivity index is 3.01. The number of hydrogen-bond acceptors (Lipinski definition) is 2. The van der Waals surface area contributed by atoms with E-state index in [2.05, 4.69) is 0 Å². The molecule has 3 nitrogen and oxygen atoms in total. The largest absolute Gasteiger partial charge is 0.389 e. The summed E-state index contributed by atoms with van der Waals surface area (Å²) >= 11 is 11.4. The van der Waals surface area contributed by atoms with Crippen LogP contribution in [0.5, 0.6) is 0 Å². The molecule has 6 heteroatoms. The summed E-state index contributed by atoms with van der Waals surface area (Å²) in [6, 6.07) is 2.18. The standard InChI is InChI=1S/C12H14Cl2FNO2/c1-12(2,18)6-16(3)11(17)7-4-10(15)9(14)5-8(7)13/h4-5,18H,6H2,1-3H3. The normalized spacial score (nSPS) is 11.5. The minimum absolute atomic E-state index is 0.0188. The average Bonchev–Trinajstić information content (AvgIpc) is 2.20. The van der Waals surface area contributed by atoms with Crippen LogP contribution in [0.15, 0.2) is 12.1 Å². The molecule has 0 aromatic heterocycles. The fourth-order valence-electron chi connectivity index (χ4n) is 1.54. The zero-order chi connectivity index (χ0) is 14.1. The van der Waals surface area contributed by atoms with E-state index >= 15 is 0 Å². The molecule has 0 saturated heterocycles. The van der Waals surface area contributed by atoms with Gasteiger partial charge in [0.2, 0.25) is 0 Å². The molecule has 100 valence electrons. The number of carbonyl (C=O) groups is 1. The van der Waals surface area contributed by atoms with Crippen molar-refractivity contribution >= 4 is 29.1 Å². The molecule has 0 aliphatic heterocycles. The number of nitrogens with zero attached hydrogens (tertiary/aromatic N) is 1. The van der Waals surface area contributed by atoms with Crippen molar-refractivity contribution in [3.8, 4) is 0 Å². The SMILES string of the molecule is CN(CC(C)(C)O)C(=O)c1cc(F)c(Cl)cc1Cl. The van der Waals surface area contributed by atoms with Gasteiger partial charge in [-0.3, -0.25) is 4.79 Å². The highest BCUT2D eigenvalue weighted by Gasteiger charge is 2.22. The number of halogens is 3. The Labute approximate surface area is 115 Å². The van der Waals surface area contributed by atoms with Gasteiger partial charge in [-0.15, -0.1) is 0 Å². The van der Waals surface area contributed by atoms with Gasteiger partial charge < -0.3 is 10.0 Å². The van der Waals surface area contributed by atoms with Crippen LogP contribution in [0.25, 0.3) is 0 Å². The highest BCUT2D eigenvalue weighted by atomic mass is 35.5. The Hall–Kier alpha value is -0.840. The minimum Gasteiger partial charge on any atom is -0.389 e. The van der Waals surface area contributed by atoms with Crippen LogP contribution in [-0.2, 0) is 0 Å². The summed E-state index contributed by atoms with van der Waals surface area (Å²) < 4.78 is 13.3. The van der Waals surface area contributed by atoms with E-state index in [-0.39, 0.29) is 22.2 Å². The highest BCUT2D eigenvalue weighted by molar-refractivity contribution is 6.36. The summed E-state index contributed by atoms with van der Waals surface area (Å²) in [5.41, 5.74) is -1.02. The van der Waals surface area contributed by atoms with E-state index in [0.29, 0.717) is 0 Å². The molecule has 1 aromatic rings. The first-order valence-corrected chi connectivity index (χ1v) is 6.00. The van der Waals surface area contributed by atoms with Crippen LogP contribution in [0, 0.1) is 5.82 Å². The predicted octanol–water partition coefficient (Wildman–Crippen LogP) is 2.98. The lowest BCUT2D eigenvalue weighted by Crippen LogP contribution is -2.39. The topological polar surface area (TPSA) is 40.5 Å². The van der Waals surface area contributed by atoms with Gasteiger partial charge in [-0.25, -0.2) is 4.39 Å². The molecule has 0 bridgehead atoms. The molecular formula is C12H14Cl2FNO2. The second-order valence-corrected chi connectivity index (χ2v) is 5.53. The molecule has 0 saturated carbocycles. The van der Waals surface area contributed by atoms with Crippen LogP contribution < -0.4 is 0 Å². The fourth-order valence-corrected chi connectivity index (χ4v) is 2.01. The van der Waals surface area contributed by atoms with Crippen LogP contribution in [0.4, 0.5) is 4.39 Å². The van der Waals surface area contributed by atoms with Crippen LogP contribution in [0.2, 0.25) is 10.0 Å². The smallest absolute Gasteiger partial charge is 0.255 e. The van der Waals surface area contributed by atoms with Gasteiger partial charge in [-0.1, -0.05) is 23.2 Å². The zero-order valence-corrected chi connectivity index (χ0v) is 11.8. The van der Waals surface area contributed by atoms with Gasteiger partial charge in [0, 0.05) is 13.6 Å². The lowest BCUT2D eigenvalue weighted by molar-refractivity contribution is 0.0368. The summed E-state index contributed by atoms with van der Waals surface area (Å²) in [7, 11) is 1.50.